The summed E-state index contributed by atoms with van der Waals surface area (Å²) >= 11 is 0. The summed E-state index contributed by atoms with van der Waals surface area (Å²) in [4.78, 5) is 4.36. The first-order chi connectivity index (χ1) is 7.29. The maximum atomic E-state index is 5.21. The molecular formula is C10H17N3O2. The molecule has 1 saturated heterocycles. The molecule has 0 spiro atoms. The summed E-state index contributed by atoms with van der Waals surface area (Å²) in [6, 6.07) is 0.254. The van der Waals surface area contributed by atoms with Gasteiger partial charge in [0, 0.05) is 13.5 Å². The molecule has 5 heteroatoms. The van der Waals surface area contributed by atoms with Crippen LogP contribution in [0.5, 0.6) is 0 Å². The van der Waals surface area contributed by atoms with E-state index in [-0.39, 0.29) is 12.1 Å². The van der Waals surface area contributed by atoms with Crippen molar-refractivity contribution in [3.63, 3.8) is 0 Å². The van der Waals surface area contributed by atoms with Crippen molar-refractivity contribution >= 4 is 0 Å². The van der Waals surface area contributed by atoms with Crippen LogP contribution in [0.4, 0.5) is 0 Å². The number of nitrogens with zero attached hydrogens (tertiary/aromatic N) is 2. The fourth-order valence-corrected chi connectivity index (χ4v) is 1.73. The minimum absolute atomic E-state index is 0.131. The summed E-state index contributed by atoms with van der Waals surface area (Å²) in [6.45, 7) is 3.03. The van der Waals surface area contributed by atoms with Crippen LogP contribution < -0.4 is 5.32 Å². The molecule has 0 aromatic carbocycles. The molecule has 0 bridgehead atoms. The van der Waals surface area contributed by atoms with Crippen LogP contribution in [0.25, 0.3) is 0 Å². The van der Waals surface area contributed by atoms with E-state index >= 15 is 0 Å². The minimum atomic E-state index is 0.131. The molecular weight excluding hydrogens is 194 g/mol. The van der Waals surface area contributed by atoms with Crippen LogP contribution in [0, 0.1) is 0 Å². The van der Waals surface area contributed by atoms with Gasteiger partial charge in [-0.2, -0.15) is 4.98 Å². The molecule has 0 radical (unpaired) electrons. The molecule has 2 unspecified atom stereocenters. The lowest BCUT2D eigenvalue weighted by atomic mass is 10.2. The number of hydrogen-bond donors (Lipinski definition) is 1. The molecule has 1 aliphatic rings. The normalized spacial score (nSPS) is 23.2. The average molecular weight is 211 g/mol. The number of hydrogen-bond acceptors (Lipinski definition) is 5. The molecule has 0 aliphatic carbocycles. The van der Waals surface area contributed by atoms with Gasteiger partial charge in [0.15, 0.2) is 5.82 Å². The fourth-order valence-electron chi connectivity index (χ4n) is 1.73. The van der Waals surface area contributed by atoms with E-state index in [0.29, 0.717) is 12.3 Å². The zero-order valence-electron chi connectivity index (χ0n) is 9.19. The van der Waals surface area contributed by atoms with Gasteiger partial charge in [-0.15, -0.1) is 0 Å². The largest absolute Gasteiger partial charge is 0.381 e. The van der Waals surface area contributed by atoms with E-state index in [9.17, 15) is 0 Å². The summed E-state index contributed by atoms with van der Waals surface area (Å²) in [5.74, 6) is 1.44. The Morgan fingerprint density at radius 1 is 1.67 bits per heavy atom. The highest BCUT2D eigenvalue weighted by Gasteiger charge is 2.22. The Bertz CT molecular complexity index is 307. The maximum absolute atomic E-state index is 5.21. The van der Waals surface area contributed by atoms with Crippen LogP contribution >= 0.6 is 0 Å². The van der Waals surface area contributed by atoms with Crippen molar-refractivity contribution in [2.45, 2.75) is 38.3 Å². The zero-order chi connectivity index (χ0) is 10.7. The van der Waals surface area contributed by atoms with Gasteiger partial charge in [0.05, 0.1) is 12.1 Å². The van der Waals surface area contributed by atoms with Crippen molar-refractivity contribution in [2.75, 3.05) is 13.7 Å². The Labute approximate surface area is 89.2 Å². The summed E-state index contributed by atoms with van der Waals surface area (Å²) in [5.41, 5.74) is 0. The first-order valence-electron chi connectivity index (χ1n) is 5.38. The van der Waals surface area contributed by atoms with Gasteiger partial charge in [-0.3, -0.25) is 0 Å². The molecule has 2 rings (SSSR count). The van der Waals surface area contributed by atoms with Crippen molar-refractivity contribution in [1.82, 2.24) is 15.5 Å². The molecule has 15 heavy (non-hydrogen) atoms. The molecule has 0 saturated carbocycles. The van der Waals surface area contributed by atoms with E-state index in [4.69, 9.17) is 9.26 Å². The summed E-state index contributed by atoms with van der Waals surface area (Å²) < 4.78 is 10.4. The molecule has 84 valence electrons. The van der Waals surface area contributed by atoms with Gasteiger partial charge in [0.25, 0.3) is 0 Å². The smallest absolute Gasteiger partial charge is 0.243 e. The van der Waals surface area contributed by atoms with Crippen LogP contribution in [0.1, 0.15) is 37.5 Å². The lowest BCUT2D eigenvalue weighted by Gasteiger charge is -2.04. The Morgan fingerprint density at radius 2 is 2.53 bits per heavy atom. The standard InChI is InChI=1S/C10H17N3O2/c1-7(14-2)6-9-12-10(15-13-9)8-4-3-5-11-8/h7-8,11H,3-6H2,1-2H3. The predicted octanol–water partition coefficient (Wildman–Crippen LogP) is 1.07. The van der Waals surface area contributed by atoms with Crippen molar-refractivity contribution in [3.8, 4) is 0 Å². The van der Waals surface area contributed by atoms with E-state index in [0.717, 1.165) is 18.8 Å². The molecule has 5 nitrogen and oxygen atoms in total. The maximum Gasteiger partial charge on any atom is 0.243 e. The van der Waals surface area contributed by atoms with E-state index in [1.54, 1.807) is 7.11 Å². The highest BCUT2D eigenvalue weighted by atomic mass is 16.5. The van der Waals surface area contributed by atoms with Gasteiger partial charge in [-0.1, -0.05) is 5.16 Å². The van der Waals surface area contributed by atoms with Crippen molar-refractivity contribution in [3.05, 3.63) is 11.7 Å². The number of ether oxygens (including phenoxy) is 1. The number of methoxy groups -OCH3 is 1. The third-order valence-electron chi connectivity index (χ3n) is 2.71. The van der Waals surface area contributed by atoms with Gasteiger partial charge in [0.2, 0.25) is 5.89 Å². The van der Waals surface area contributed by atoms with Gasteiger partial charge in [-0.05, 0) is 26.3 Å². The molecule has 1 fully saturated rings. The summed E-state index contributed by atoms with van der Waals surface area (Å²) in [7, 11) is 1.68. The first-order valence-corrected chi connectivity index (χ1v) is 5.38. The number of rotatable bonds is 4. The van der Waals surface area contributed by atoms with Gasteiger partial charge >= 0.3 is 0 Å². The molecule has 1 aliphatic heterocycles. The van der Waals surface area contributed by atoms with Gasteiger partial charge < -0.3 is 14.6 Å². The van der Waals surface area contributed by atoms with Crippen molar-refractivity contribution in [1.29, 1.82) is 0 Å². The molecule has 1 aromatic heterocycles. The van der Waals surface area contributed by atoms with Crippen molar-refractivity contribution in [2.24, 2.45) is 0 Å². The quantitative estimate of drug-likeness (QED) is 0.807. The topological polar surface area (TPSA) is 60.2 Å². The molecule has 2 heterocycles. The third kappa shape index (κ3) is 2.54. The highest BCUT2D eigenvalue weighted by molar-refractivity contribution is 4.96. The minimum Gasteiger partial charge on any atom is -0.381 e. The van der Waals surface area contributed by atoms with E-state index in [2.05, 4.69) is 15.5 Å². The van der Waals surface area contributed by atoms with Crippen LogP contribution in [-0.4, -0.2) is 29.9 Å². The van der Waals surface area contributed by atoms with E-state index in [1.807, 2.05) is 6.92 Å². The highest BCUT2D eigenvalue weighted by Crippen LogP contribution is 2.21. The van der Waals surface area contributed by atoms with Crippen LogP contribution in [-0.2, 0) is 11.2 Å². The summed E-state index contributed by atoms with van der Waals surface area (Å²) in [6.07, 6.45) is 3.09. The SMILES string of the molecule is COC(C)Cc1noc(C2CCCN2)n1. The second kappa shape index (κ2) is 4.72. The van der Waals surface area contributed by atoms with E-state index in [1.165, 1.54) is 6.42 Å². The second-order valence-corrected chi connectivity index (χ2v) is 3.95. The summed E-state index contributed by atoms with van der Waals surface area (Å²) in [5, 5.41) is 7.27. The zero-order valence-corrected chi connectivity index (χ0v) is 9.19. The van der Waals surface area contributed by atoms with Crippen molar-refractivity contribution < 1.29 is 9.26 Å². The first kappa shape index (κ1) is 10.6. The third-order valence-corrected chi connectivity index (χ3v) is 2.71. The van der Waals surface area contributed by atoms with Gasteiger partial charge in [-0.25, -0.2) is 0 Å². The monoisotopic (exact) mass is 211 g/mol. The predicted molar refractivity (Wildman–Crippen MR) is 54.5 cm³/mol. The van der Waals surface area contributed by atoms with Crippen LogP contribution in [0.2, 0.25) is 0 Å². The molecule has 1 aromatic rings. The average Bonchev–Trinajstić information content (AvgIpc) is 2.85. The van der Waals surface area contributed by atoms with Gasteiger partial charge in [0.1, 0.15) is 0 Å². The Morgan fingerprint density at radius 3 is 3.20 bits per heavy atom. The van der Waals surface area contributed by atoms with E-state index < -0.39 is 0 Å². The second-order valence-electron chi connectivity index (χ2n) is 3.95. The molecule has 1 N–H and O–H groups in total. The lowest BCUT2D eigenvalue weighted by Crippen LogP contribution is -2.13. The Kier molecular flexibility index (Phi) is 3.33. The Balaban J connectivity index is 1.97. The van der Waals surface area contributed by atoms with Crippen LogP contribution in [0.3, 0.4) is 0 Å². The lowest BCUT2D eigenvalue weighted by molar-refractivity contribution is 0.116. The molecule has 2 atom stereocenters. The molecule has 0 amide bonds. The Hall–Kier alpha value is -0.940. The fraction of sp³-hybridized carbons (Fsp3) is 0.800. The number of aromatic nitrogens is 2. The van der Waals surface area contributed by atoms with Crippen LogP contribution in [0.15, 0.2) is 4.52 Å². The number of nitrogens with one attached hydrogen (secondary N) is 1.